The van der Waals surface area contributed by atoms with Gasteiger partial charge in [0.05, 0.1) is 9.82 Å². The van der Waals surface area contributed by atoms with Crippen LogP contribution < -0.4 is 0 Å². The molecule has 3 rings (SSSR count). The standard InChI is InChI=1S/C16H17N3O5S/c1-12-16(19(20)21)15(24-17-12)9-6-13-4-7-14(8-5-13)25(22,23)18-10-2-3-11-18/h4-9H,2-3,10-11H2,1H3/b9-6+. The van der Waals surface area contributed by atoms with Crippen LogP contribution in [0.15, 0.2) is 33.7 Å². The molecule has 0 unspecified atom stereocenters. The fourth-order valence-corrected chi connectivity index (χ4v) is 4.23. The number of hydrogen-bond acceptors (Lipinski definition) is 6. The van der Waals surface area contributed by atoms with Crippen LogP contribution in [-0.2, 0) is 10.0 Å². The second-order valence-electron chi connectivity index (χ2n) is 5.75. The molecule has 1 aromatic heterocycles. The Bertz CT molecular complexity index is 910. The highest BCUT2D eigenvalue weighted by atomic mass is 32.2. The van der Waals surface area contributed by atoms with Crippen LogP contribution >= 0.6 is 0 Å². The molecule has 1 aliphatic heterocycles. The van der Waals surface area contributed by atoms with E-state index in [0.717, 1.165) is 12.8 Å². The zero-order valence-corrected chi connectivity index (χ0v) is 14.4. The molecule has 0 aliphatic carbocycles. The molecule has 1 aliphatic rings. The van der Waals surface area contributed by atoms with Crippen LogP contribution in [0.4, 0.5) is 5.69 Å². The third kappa shape index (κ3) is 3.47. The summed E-state index contributed by atoms with van der Waals surface area (Å²) in [6, 6.07) is 6.36. The second-order valence-corrected chi connectivity index (χ2v) is 7.69. The highest BCUT2D eigenvalue weighted by molar-refractivity contribution is 7.89. The van der Waals surface area contributed by atoms with Gasteiger partial charge in [0, 0.05) is 13.1 Å². The molecular weight excluding hydrogens is 346 g/mol. The van der Waals surface area contributed by atoms with E-state index in [4.69, 9.17) is 4.52 Å². The van der Waals surface area contributed by atoms with Crippen LogP contribution in [0.1, 0.15) is 29.9 Å². The van der Waals surface area contributed by atoms with Gasteiger partial charge in [0.15, 0.2) is 5.69 Å². The van der Waals surface area contributed by atoms with E-state index in [9.17, 15) is 18.5 Å². The van der Waals surface area contributed by atoms with Crippen molar-refractivity contribution in [1.82, 2.24) is 9.46 Å². The summed E-state index contributed by atoms with van der Waals surface area (Å²) in [6.07, 6.45) is 4.83. The van der Waals surface area contributed by atoms with E-state index < -0.39 is 14.9 Å². The Hall–Kier alpha value is -2.52. The molecule has 0 spiro atoms. The molecule has 2 aromatic rings. The highest BCUT2D eigenvalue weighted by Crippen LogP contribution is 2.25. The van der Waals surface area contributed by atoms with Gasteiger partial charge in [-0.25, -0.2) is 8.42 Å². The summed E-state index contributed by atoms with van der Waals surface area (Å²) in [5, 5.41) is 14.6. The van der Waals surface area contributed by atoms with Crippen molar-refractivity contribution in [3.8, 4) is 0 Å². The van der Waals surface area contributed by atoms with Gasteiger partial charge in [-0.1, -0.05) is 23.4 Å². The lowest BCUT2D eigenvalue weighted by Crippen LogP contribution is -2.27. The number of aryl methyl sites for hydroxylation is 1. The smallest absolute Gasteiger partial charge is 0.338 e. The van der Waals surface area contributed by atoms with E-state index in [1.54, 1.807) is 18.2 Å². The van der Waals surface area contributed by atoms with Crippen LogP contribution in [0.3, 0.4) is 0 Å². The van der Waals surface area contributed by atoms with Gasteiger partial charge >= 0.3 is 5.69 Å². The summed E-state index contributed by atoms with van der Waals surface area (Å²) in [5.41, 5.74) is 0.727. The maximum absolute atomic E-state index is 12.5. The largest absolute Gasteiger partial charge is 0.349 e. The first-order valence-electron chi connectivity index (χ1n) is 7.78. The molecule has 1 saturated heterocycles. The third-order valence-electron chi connectivity index (χ3n) is 4.05. The first-order chi connectivity index (χ1) is 11.9. The molecule has 2 heterocycles. The number of hydrogen-bond donors (Lipinski definition) is 0. The molecule has 1 fully saturated rings. The van der Waals surface area contributed by atoms with Gasteiger partial charge in [-0.2, -0.15) is 4.31 Å². The predicted octanol–water partition coefficient (Wildman–Crippen LogP) is 2.85. The number of rotatable bonds is 5. The molecular formula is C16H17N3O5S. The minimum Gasteiger partial charge on any atom is -0.349 e. The van der Waals surface area contributed by atoms with Crippen LogP contribution in [0, 0.1) is 17.0 Å². The van der Waals surface area contributed by atoms with E-state index in [1.807, 2.05) is 0 Å². The van der Waals surface area contributed by atoms with Crippen LogP contribution in [-0.4, -0.2) is 35.9 Å². The van der Waals surface area contributed by atoms with Gasteiger partial charge in [0.25, 0.3) is 0 Å². The van der Waals surface area contributed by atoms with Crippen LogP contribution in [0.5, 0.6) is 0 Å². The molecule has 132 valence electrons. The Kier molecular flexibility index (Phi) is 4.69. The Morgan fingerprint density at radius 2 is 1.84 bits per heavy atom. The van der Waals surface area contributed by atoms with Crippen molar-refractivity contribution in [2.24, 2.45) is 0 Å². The fourth-order valence-electron chi connectivity index (χ4n) is 2.71. The van der Waals surface area contributed by atoms with E-state index >= 15 is 0 Å². The summed E-state index contributed by atoms with van der Waals surface area (Å²) in [6.45, 7) is 2.61. The molecule has 25 heavy (non-hydrogen) atoms. The lowest BCUT2D eigenvalue weighted by atomic mass is 10.2. The van der Waals surface area contributed by atoms with E-state index in [0.29, 0.717) is 18.7 Å². The van der Waals surface area contributed by atoms with E-state index in [2.05, 4.69) is 5.16 Å². The maximum Gasteiger partial charge on any atom is 0.338 e. The van der Waals surface area contributed by atoms with Crippen LogP contribution in [0.25, 0.3) is 12.2 Å². The Morgan fingerprint density at radius 3 is 2.44 bits per heavy atom. The van der Waals surface area contributed by atoms with E-state index in [-0.39, 0.29) is 22.0 Å². The molecule has 0 amide bonds. The molecule has 0 atom stereocenters. The Labute approximate surface area is 144 Å². The zero-order valence-electron chi connectivity index (χ0n) is 13.6. The summed E-state index contributed by atoms with van der Waals surface area (Å²) >= 11 is 0. The Morgan fingerprint density at radius 1 is 1.20 bits per heavy atom. The van der Waals surface area contributed by atoms with Gasteiger partial charge in [0.1, 0.15) is 0 Å². The van der Waals surface area contributed by atoms with Crippen molar-refractivity contribution < 1.29 is 17.9 Å². The monoisotopic (exact) mass is 363 g/mol. The second kappa shape index (κ2) is 6.77. The van der Waals surface area contributed by atoms with Crippen molar-refractivity contribution in [2.45, 2.75) is 24.7 Å². The highest BCUT2D eigenvalue weighted by Gasteiger charge is 2.27. The number of aromatic nitrogens is 1. The number of sulfonamides is 1. The van der Waals surface area contributed by atoms with Crippen molar-refractivity contribution in [3.63, 3.8) is 0 Å². The lowest BCUT2D eigenvalue weighted by Gasteiger charge is -2.15. The van der Waals surface area contributed by atoms with Crippen molar-refractivity contribution in [3.05, 3.63) is 51.4 Å². The van der Waals surface area contributed by atoms with Gasteiger partial charge in [-0.3, -0.25) is 10.1 Å². The molecule has 0 bridgehead atoms. The summed E-state index contributed by atoms with van der Waals surface area (Å²) in [4.78, 5) is 10.7. The zero-order chi connectivity index (χ0) is 18.0. The molecule has 0 saturated carbocycles. The topological polar surface area (TPSA) is 107 Å². The number of benzene rings is 1. The molecule has 0 radical (unpaired) electrons. The fraction of sp³-hybridized carbons (Fsp3) is 0.312. The normalized spacial score (nSPS) is 15.9. The quantitative estimate of drug-likeness (QED) is 0.597. The van der Waals surface area contributed by atoms with Crippen molar-refractivity contribution >= 4 is 27.9 Å². The minimum atomic E-state index is -3.45. The minimum absolute atomic E-state index is 0.0521. The summed E-state index contributed by atoms with van der Waals surface area (Å²) in [7, 11) is -3.45. The first kappa shape index (κ1) is 17.3. The number of nitrogens with zero attached hydrogens (tertiary/aromatic N) is 3. The van der Waals surface area contributed by atoms with Crippen LogP contribution in [0.2, 0.25) is 0 Å². The molecule has 9 heteroatoms. The van der Waals surface area contributed by atoms with Crippen molar-refractivity contribution in [1.29, 1.82) is 0 Å². The first-order valence-corrected chi connectivity index (χ1v) is 9.22. The molecule has 8 nitrogen and oxygen atoms in total. The van der Waals surface area contributed by atoms with Crippen molar-refractivity contribution in [2.75, 3.05) is 13.1 Å². The third-order valence-corrected chi connectivity index (χ3v) is 5.96. The van der Waals surface area contributed by atoms with Gasteiger partial charge in [-0.05, 0) is 43.5 Å². The number of nitro groups is 1. The maximum atomic E-state index is 12.5. The van der Waals surface area contributed by atoms with Gasteiger partial charge < -0.3 is 4.52 Å². The molecule has 1 aromatic carbocycles. The molecule has 0 N–H and O–H groups in total. The summed E-state index contributed by atoms with van der Waals surface area (Å²) < 4.78 is 31.3. The predicted molar refractivity (Wildman–Crippen MR) is 91.3 cm³/mol. The SMILES string of the molecule is Cc1noc(/C=C/c2ccc(S(=O)(=O)N3CCCC3)cc2)c1[N+](=O)[O-]. The van der Waals surface area contributed by atoms with Gasteiger partial charge in [0.2, 0.25) is 15.8 Å². The average molecular weight is 363 g/mol. The Balaban J connectivity index is 1.80. The summed E-state index contributed by atoms with van der Waals surface area (Å²) in [5.74, 6) is 0.0521. The van der Waals surface area contributed by atoms with Gasteiger partial charge in [-0.15, -0.1) is 0 Å². The average Bonchev–Trinajstić information content (AvgIpc) is 3.23. The van der Waals surface area contributed by atoms with E-state index in [1.165, 1.54) is 29.4 Å². The lowest BCUT2D eigenvalue weighted by molar-refractivity contribution is -0.386.